The largest absolute Gasteiger partial charge is 0.493 e. The van der Waals surface area contributed by atoms with Gasteiger partial charge >= 0.3 is 0 Å². The maximum absolute atomic E-state index is 13.4. The third-order valence-corrected chi connectivity index (χ3v) is 7.95. The van der Waals surface area contributed by atoms with Crippen LogP contribution in [0.25, 0.3) is 0 Å². The van der Waals surface area contributed by atoms with Crippen molar-refractivity contribution in [1.82, 2.24) is 4.90 Å². The van der Waals surface area contributed by atoms with E-state index < -0.39 is 5.92 Å². The fourth-order valence-electron chi connectivity index (χ4n) is 5.83. The van der Waals surface area contributed by atoms with Gasteiger partial charge in [-0.15, -0.1) is 0 Å². The Hall–Kier alpha value is -2.76. The third kappa shape index (κ3) is 4.92. The Morgan fingerprint density at radius 1 is 0.919 bits per heavy atom. The summed E-state index contributed by atoms with van der Waals surface area (Å²) in [6, 6.07) is 11.1. The van der Waals surface area contributed by atoms with Crippen LogP contribution in [0.1, 0.15) is 68.9 Å². The van der Waals surface area contributed by atoms with Gasteiger partial charge in [0.1, 0.15) is 6.61 Å². The van der Waals surface area contributed by atoms with Gasteiger partial charge in [-0.1, -0.05) is 42.3 Å². The molecule has 1 aliphatic heterocycles. The zero-order chi connectivity index (χ0) is 26.1. The number of allylic oxidation sites excluding steroid dienone is 4. The zero-order valence-electron chi connectivity index (χ0n) is 21.2. The Morgan fingerprint density at radius 3 is 2.11 bits per heavy atom. The van der Waals surface area contributed by atoms with Crippen LogP contribution in [0, 0.1) is 0 Å². The highest BCUT2D eigenvalue weighted by molar-refractivity contribution is 6.32. The molecule has 2 aromatic carbocycles. The van der Waals surface area contributed by atoms with Gasteiger partial charge in [-0.25, -0.2) is 0 Å². The molecule has 7 heteroatoms. The van der Waals surface area contributed by atoms with Crippen molar-refractivity contribution in [2.75, 3.05) is 13.7 Å². The molecule has 0 unspecified atom stereocenters. The highest BCUT2D eigenvalue weighted by Crippen LogP contribution is 2.51. The number of benzene rings is 2. The molecule has 0 saturated carbocycles. The van der Waals surface area contributed by atoms with Gasteiger partial charge in [0.15, 0.2) is 23.1 Å². The molecule has 0 spiro atoms. The highest BCUT2D eigenvalue weighted by atomic mass is 35.5. The smallest absolute Gasteiger partial charge is 0.180 e. The molecule has 194 valence electrons. The van der Waals surface area contributed by atoms with Gasteiger partial charge in [-0.3, -0.25) is 9.59 Å². The number of nitrogens with zero attached hydrogens (tertiary/aromatic N) is 1. The van der Waals surface area contributed by atoms with Crippen LogP contribution in [-0.4, -0.2) is 30.1 Å². The topological polar surface area (TPSA) is 55.8 Å². The summed E-state index contributed by atoms with van der Waals surface area (Å²) in [5.74, 6) is 0.712. The van der Waals surface area contributed by atoms with Gasteiger partial charge in [-0.05, 0) is 67.5 Å². The number of hydrogen-bond donors (Lipinski definition) is 0. The molecule has 0 bridgehead atoms. The van der Waals surface area contributed by atoms with Crippen LogP contribution < -0.4 is 9.47 Å². The van der Waals surface area contributed by atoms with Crippen molar-refractivity contribution in [3.05, 3.63) is 80.1 Å². The average molecular weight is 540 g/mol. The van der Waals surface area contributed by atoms with E-state index in [4.69, 9.17) is 32.7 Å². The first-order valence-electron chi connectivity index (χ1n) is 13.0. The molecule has 5 rings (SSSR count). The van der Waals surface area contributed by atoms with Crippen molar-refractivity contribution in [2.24, 2.45) is 0 Å². The highest BCUT2D eigenvalue weighted by Gasteiger charge is 2.43. The van der Waals surface area contributed by atoms with Crippen LogP contribution in [0.2, 0.25) is 10.0 Å². The molecule has 0 atom stereocenters. The first kappa shape index (κ1) is 25.9. The second-order valence-electron chi connectivity index (χ2n) is 9.81. The summed E-state index contributed by atoms with van der Waals surface area (Å²) in [4.78, 5) is 29.1. The van der Waals surface area contributed by atoms with Crippen LogP contribution in [0.15, 0.2) is 58.9 Å². The Kier molecular flexibility index (Phi) is 7.64. The summed E-state index contributed by atoms with van der Waals surface area (Å²) in [6.45, 7) is 3.24. The van der Waals surface area contributed by atoms with Crippen molar-refractivity contribution < 1.29 is 19.1 Å². The quantitative estimate of drug-likeness (QED) is 0.366. The number of ether oxygens (including phenoxy) is 2. The SMILES string of the molecule is CCCN1C2=C(C(=O)CCC2)C(c2cc(Cl)c(OCc3ccc(Cl)cc3)c(OC)c2)C2=C1CCCC2=O. The first-order valence-corrected chi connectivity index (χ1v) is 13.7. The molecule has 0 aromatic heterocycles. The number of ketones is 2. The molecule has 0 amide bonds. The van der Waals surface area contributed by atoms with Gasteiger partial charge in [0, 0.05) is 52.9 Å². The molecule has 0 saturated heterocycles. The lowest BCUT2D eigenvalue weighted by Gasteiger charge is -2.44. The fraction of sp³-hybridized carbons (Fsp3) is 0.400. The molecule has 0 radical (unpaired) electrons. The Labute approximate surface area is 228 Å². The summed E-state index contributed by atoms with van der Waals surface area (Å²) in [6.07, 6.45) is 5.30. The molecule has 3 aliphatic rings. The Balaban J connectivity index is 1.59. The van der Waals surface area contributed by atoms with Crippen LogP contribution in [0.3, 0.4) is 0 Å². The molecule has 0 fully saturated rings. The van der Waals surface area contributed by atoms with Crippen LogP contribution >= 0.6 is 23.2 Å². The standard InChI is InChI=1S/C30H31Cl2NO4/c1-3-14-33-22-6-4-8-24(34)28(22)27(29-23(33)7-5-9-25(29)35)19-15-21(32)30(26(16-19)36-2)37-17-18-10-12-20(31)13-11-18/h10-13,15-16,27H,3-9,14,17H2,1-2H3. The second-order valence-corrected chi connectivity index (χ2v) is 10.7. The lowest BCUT2D eigenvalue weighted by Crippen LogP contribution is -2.39. The minimum Gasteiger partial charge on any atom is -0.493 e. The summed E-state index contributed by atoms with van der Waals surface area (Å²) >= 11 is 12.8. The summed E-state index contributed by atoms with van der Waals surface area (Å²) in [5.41, 5.74) is 5.40. The van der Waals surface area contributed by atoms with Gasteiger partial charge in [-0.2, -0.15) is 0 Å². The van der Waals surface area contributed by atoms with Crippen LogP contribution in [-0.2, 0) is 16.2 Å². The van der Waals surface area contributed by atoms with Crippen molar-refractivity contribution in [3.8, 4) is 11.5 Å². The van der Waals surface area contributed by atoms with E-state index in [9.17, 15) is 9.59 Å². The predicted octanol–water partition coefficient (Wildman–Crippen LogP) is 7.40. The Bertz CT molecular complexity index is 1250. The van der Waals surface area contributed by atoms with Crippen molar-refractivity contribution in [2.45, 2.75) is 64.4 Å². The van der Waals surface area contributed by atoms with E-state index in [0.29, 0.717) is 41.0 Å². The third-order valence-electron chi connectivity index (χ3n) is 7.42. The normalized spacial score (nSPS) is 18.2. The predicted molar refractivity (Wildman–Crippen MR) is 145 cm³/mol. The number of rotatable bonds is 7. The maximum Gasteiger partial charge on any atom is 0.180 e. The minimum atomic E-state index is -0.435. The van der Waals surface area contributed by atoms with E-state index in [-0.39, 0.29) is 11.6 Å². The maximum atomic E-state index is 13.4. The number of halogens is 2. The fourth-order valence-corrected chi connectivity index (χ4v) is 6.23. The summed E-state index contributed by atoms with van der Waals surface area (Å²) < 4.78 is 11.8. The van der Waals surface area contributed by atoms with E-state index in [1.165, 1.54) is 0 Å². The zero-order valence-corrected chi connectivity index (χ0v) is 22.8. The lowest BCUT2D eigenvalue weighted by atomic mass is 9.71. The first-order chi connectivity index (χ1) is 17.9. The van der Waals surface area contributed by atoms with Crippen LogP contribution in [0.4, 0.5) is 0 Å². The molecule has 5 nitrogen and oxygen atoms in total. The number of carbonyl (C=O) groups excluding carboxylic acids is 2. The second kappa shape index (κ2) is 10.9. The van der Waals surface area contributed by atoms with Gasteiger partial charge in [0.25, 0.3) is 0 Å². The van der Waals surface area contributed by atoms with E-state index in [1.807, 2.05) is 36.4 Å². The average Bonchev–Trinajstić information content (AvgIpc) is 2.89. The lowest BCUT2D eigenvalue weighted by molar-refractivity contribution is -0.117. The summed E-state index contributed by atoms with van der Waals surface area (Å²) in [5, 5.41) is 1.04. The van der Waals surface area contributed by atoms with Crippen molar-refractivity contribution in [1.29, 1.82) is 0 Å². The number of hydrogen-bond acceptors (Lipinski definition) is 5. The van der Waals surface area contributed by atoms with Gasteiger partial charge in [0.2, 0.25) is 0 Å². The van der Waals surface area contributed by atoms with E-state index in [2.05, 4.69) is 11.8 Å². The number of Topliss-reactive ketones (excluding diaryl/α,β-unsaturated/α-hetero) is 2. The molecule has 37 heavy (non-hydrogen) atoms. The van der Waals surface area contributed by atoms with Gasteiger partial charge < -0.3 is 14.4 Å². The molecule has 0 N–H and O–H groups in total. The molecule has 2 aromatic rings. The minimum absolute atomic E-state index is 0.121. The summed E-state index contributed by atoms with van der Waals surface area (Å²) in [7, 11) is 1.57. The van der Waals surface area contributed by atoms with Gasteiger partial charge in [0.05, 0.1) is 12.1 Å². The van der Waals surface area contributed by atoms with E-state index >= 15 is 0 Å². The van der Waals surface area contributed by atoms with Crippen molar-refractivity contribution >= 4 is 34.8 Å². The molecule has 1 heterocycles. The Morgan fingerprint density at radius 2 is 1.54 bits per heavy atom. The van der Waals surface area contributed by atoms with Crippen molar-refractivity contribution in [3.63, 3.8) is 0 Å². The van der Waals surface area contributed by atoms with E-state index in [0.717, 1.165) is 72.3 Å². The van der Waals surface area contributed by atoms with E-state index in [1.54, 1.807) is 7.11 Å². The number of methoxy groups -OCH3 is 1. The molecular formula is C30H31Cl2NO4. The molecular weight excluding hydrogens is 509 g/mol. The van der Waals surface area contributed by atoms with Crippen LogP contribution in [0.5, 0.6) is 11.5 Å². The number of carbonyl (C=O) groups is 2. The monoisotopic (exact) mass is 539 g/mol. The molecule has 2 aliphatic carbocycles.